The van der Waals surface area contributed by atoms with Crippen LogP contribution < -0.4 is 0 Å². The van der Waals surface area contributed by atoms with Crippen molar-refractivity contribution >= 4 is 38.7 Å². The molecule has 0 aliphatic carbocycles. The molecule has 6 heteroatoms. The Bertz CT molecular complexity index is 786. The lowest BCUT2D eigenvalue weighted by Gasteiger charge is -2.11. The lowest BCUT2D eigenvalue weighted by Crippen LogP contribution is -2.06. The Morgan fingerprint density at radius 2 is 1.95 bits per heavy atom. The summed E-state index contributed by atoms with van der Waals surface area (Å²) < 4.78 is 5.01. The fourth-order valence-corrected chi connectivity index (χ4v) is 2.96. The van der Waals surface area contributed by atoms with Crippen LogP contribution in [-0.2, 0) is 13.5 Å². The standard InChI is InChI=1S/C15H16BrClN4/c1-4-12-13-15(20(3)19-12)21(14(18-13)9(2)17)11-7-5-10(16)6-8-11/h5-9H,4H2,1-3H3. The average molecular weight is 368 g/mol. The van der Waals surface area contributed by atoms with E-state index in [9.17, 15) is 0 Å². The molecule has 0 aliphatic heterocycles. The SMILES string of the molecule is CCc1nn(C)c2c1nc(C(C)Cl)n2-c1ccc(Br)cc1. The summed E-state index contributed by atoms with van der Waals surface area (Å²) in [5, 5.41) is 4.38. The van der Waals surface area contributed by atoms with Gasteiger partial charge in [-0.05, 0) is 37.6 Å². The molecule has 2 heterocycles. The summed E-state index contributed by atoms with van der Waals surface area (Å²) in [6.45, 7) is 4.03. The summed E-state index contributed by atoms with van der Waals surface area (Å²) in [6.07, 6.45) is 0.852. The van der Waals surface area contributed by atoms with Gasteiger partial charge in [-0.1, -0.05) is 22.9 Å². The van der Waals surface area contributed by atoms with E-state index in [1.54, 1.807) is 0 Å². The second-order valence-electron chi connectivity index (χ2n) is 4.99. The van der Waals surface area contributed by atoms with E-state index in [4.69, 9.17) is 16.6 Å². The van der Waals surface area contributed by atoms with Crippen molar-refractivity contribution in [3.05, 3.63) is 40.3 Å². The van der Waals surface area contributed by atoms with Crippen LogP contribution in [0.2, 0.25) is 0 Å². The summed E-state index contributed by atoms with van der Waals surface area (Å²) in [7, 11) is 1.95. The number of aromatic nitrogens is 4. The zero-order valence-electron chi connectivity index (χ0n) is 12.1. The van der Waals surface area contributed by atoms with E-state index in [0.717, 1.165) is 39.3 Å². The number of hydrogen-bond acceptors (Lipinski definition) is 2. The van der Waals surface area contributed by atoms with Gasteiger partial charge in [0.1, 0.15) is 11.3 Å². The van der Waals surface area contributed by atoms with Crippen molar-refractivity contribution in [2.24, 2.45) is 7.05 Å². The minimum Gasteiger partial charge on any atom is -0.280 e. The molecule has 0 bridgehead atoms. The van der Waals surface area contributed by atoms with E-state index in [-0.39, 0.29) is 5.38 Å². The van der Waals surface area contributed by atoms with Crippen LogP contribution in [-0.4, -0.2) is 19.3 Å². The fraction of sp³-hybridized carbons (Fsp3) is 0.333. The predicted octanol–water partition coefficient (Wildman–Crippen LogP) is 4.38. The normalized spacial score (nSPS) is 13.0. The first kappa shape index (κ1) is 14.6. The van der Waals surface area contributed by atoms with Gasteiger partial charge in [-0.15, -0.1) is 11.6 Å². The van der Waals surface area contributed by atoms with Crippen LogP contribution >= 0.6 is 27.5 Å². The average Bonchev–Trinajstić information content (AvgIpc) is 2.98. The quantitative estimate of drug-likeness (QED) is 0.644. The number of nitrogens with zero attached hydrogens (tertiary/aromatic N) is 4. The molecule has 3 rings (SSSR count). The lowest BCUT2D eigenvalue weighted by atomic mass is 10.3. The van der Waals surface area contributed by atoms with E-state index in [2.05, 4.69) is 32.5 Å². The van der Waals surface area contributed by atoms with E-state index in [0.29, 0.717) is 0 Å². The van der Waals surface area contributed by atoms with Gasteiger partial charge in [-0.2, -0.15) is 5.10 Å². The Morgan fingerprint density at radius 1 is 1.29 bits per heavy atom. The molecular weight excluding hydrogens is 352 g/mol. The molecule has 0 saturated heterocycles. The first-order chi connectivity index (χ1) is 10.0. The highest BCUT2D eigenvalue weighted by atomic mass is 79.9. The van der Waals surface area contributed by atoms with Gasteiger partial charge in [-0.3, -0.25) is 4.57 Å². The van der Waals surface area contributed by atoms with Gasteiger partial charge >= 0.3 is 0 Å². The lowest BCUT2D eigenvalue weighted by molar-refractivity contribution is 0.738. The van der Waals surface area contributed by atoms with Crippen LogP contribution in [0, 0.1) is 0 Å². The van der Waals surface area contributed by atoms with Crippen LogP contribution in [0.5, 0.6) is 0 Å². The molecule has 0 aliphatic rings. The molecule has 0 spiro atoms. The highest BCUT2D eigenvalue weighted by molar-refractivity contribution is 9.10. The van der Waals surface area contributed by atoms with Gasteiger partial charge in [0.15, 0.2) is 5.65 Å². The van der Waals surface area contributed by atoms with Crippen molar-refractivity contribution in [2.75, 3.05) is 0 Å². The Balaban J connectivity index is 2.35. The van der Waals surface area contributed by atoms with E-state index < -0.39 is 0 Å². The van der Waals surface area contributed by atoms with Crippen LogP contribution in [0.15, 0.2) is 28.7 Å². The molecule has 0 N–H and O–H groups in total. The maximum atomic E-state index is 6.34. The van der Waals surface area contributed by atoms with Crippen LogP contribution in [0.1, 0.15) is 30.7 Å². The molecule has 0 radical (unpaired) electrons. The number of fused-ring (bicyclic) bond motifs is 1. The van der Waals surface area contributed by atoms with E-state index in [1.165, 1.54) is 0 Å². The van der Waals surface area contributed by atoms with Crippen LogP contribution in [0.3, 0.4) is 0 Å². The molecule has 0 saturated carbocycles. The number of rotatable bonds is 3. The summed E-state index contributed by atoms with van der Waals surface area (Å²) in [4.78, 5) is 4.74. The summed E-state index contributed by atoms with van der Waals surface area (Å²) >= 11 is 9.81. The summed E-state index contributed by atoms with van der Waals surface area (Å²) in [5.41, 5.74) is 3.96. The second-order valence-corrected chi connectivity index (χ2v) is 6.56. The number of benzene rings is 1. The third kappa shape index (κ3) is 2.38. The van der Waals surface area contributed by atoms with Crippen LogP contribution in [0.25, 0.3) is 16.9 Å². The van der Waals surface area contributed by atoms with Gasteiger partial charge in [0, 0.05) is 17.2 Å². The number of imidazole rings is 1. The Kier molecular flexibility index (Phi) is 3.80. The Morgan fingerprint density at radius 3 is 2.52 bits per heavy atom. The molecule has 0 amide bonds. The molecule has 4 nitrogen and oxygen atoms in total. The van der Waals surface area contributed by atoms with Crippen molar-refractivity contribution in [1.82, 2.24) is 19.3 Å². The van der Waals surface area contributed by atoms with Crippen molar-refractivity contribution in [1.29, 1.82) is 0 Å². The van der Waals surface area contributed by atoms with Crippen molar-refractivity contribution in [3.63, 3.8) is 0 Å². The number of halogens is 2. The molecule has 2 aromatic heterocycles. The molecular formula is C15H16BrClN4. The summed E-state index contributed by atoms with van der Waals surface area (Å²) in [6, 6.07) is 8.13. The van der Waals surface area contributed by atoms with Crippen molar-refractivity contribution in [3.8, 4) is 5.69 Å². The van der Waals surface area contributed by atoms with Crippen molar-refractivity contribution < 1.29 is 0 Å². The molecule has 21 heavy (non-hydrogen) atoms. The highest BCUT2D eigenvalue weighted by Crippen LogP contribution is 2.30. The monoisotopic (exact) mass is 366 g/mol. The number of aryl methyl sites for hydroxylation is 2. The van der Waals surface area contributed by atoms with E-state index in [1.807, 2.05) is 42.9 Å². The van der Waals surface area contributed by atoms with E-state index >= 15 is 0 Å². The zero-order valence-corrected chi connectivity index (χ0v) is 14.5. The molecule has 1 aromatic carbocycles. The fourth-order valence-electron chi connectivity index (χ4n) is 2.55. The van der Waals surface area contributed by atoms with Gasteiger partial charge < -0.3 is 0 Å². The Hall–Kier alpha value is -1.33. The Labute approximate surface area is 136 Å². The number of hydrogen-bond donors (Lipinski definition) is 0. The minimum absolute atomic E-state index is 0.175. The second kappa shape index (κ2) is 5.46. The largest absolute Gasteiger partial charge is 0.280 e. The smallest absolute Gasteiger partial charge is 0.163 e. The highest BCUT2D eigenvalue weighted by Gasteiger charge is 2.21. The molecule has 0 fully saturated rings. The molecule has 110 valence electrons. The molecule has 1 unspecified atom stereocenters. The maximum absolute atomic E-state index is 6.34. The van der Waals surface area contributed by atoms with Crippen molar-refractivity contribution in [2.45, 2.75) is 25.6 Å². The first-order valence-corrected chi connectivity index (χ1v) is 8.10. The topological polar surface area (TPSA) is 35.6 Å². The molecule has 3 aromatic rings. The minimum atomic E-state index is -0.175. The first-order valence-electron chi connectivity index (χ1n) is 6.87. The molecule has 1 atom stereocenters. The zero-order chi connectivity index (χ0) is 15.1. The third-order valence-electron chi connectivity index (χ3n) is 3.51. The van der Waals surface area contributed by atoms with Gasteiger partial charge in [-0.25, -0.2) is 9.67 Å². The maximum Gasteiger partial charge on any atom is 0.163 e. The van der Waals surface area contributed by atoms with Gasteiger partial charge in [0.05, 0.1) is 11.1 Å². The van der Waals surface area contributed by atoms with Gasteiger partial charge in [0.2, 0.25) is 0 Å². The summed E-state index contributed by atoms with van der Waals surface area (Å²) in [5.74, 6) is 0.844. The third-order valence-corrected chi connectivity index (χ3v) is 4.23. The van der Waals surface area contributed by atoms with Gasteiger partial charge in [0.25, 0.3) is 0 Å². The number of alkyl halides is 1. The van der Waals surface area contributed by atoms with Crippen LogP contribution in [0.4, 0.5) is 0 Å². The predicted molar refractivity (Wildman–Crippen MR) is 89.2 cm³/mol.